The quantitative estimate of drug-likeness (QED) is 0.633. The molecule has 1 heterocycles. The number of nitrogens with one attached hydrogen (secondary N) is 2. The van der Waals surface area contributed by atoms with Crippen LogP contribution in [0.15, 0.2) is 0 Å². The zero-order chi connectivity index (χ0) is 12.8. The SMILES string of the molecule is CCOC(=O)C(C)NC(=O)C1CC(OC)CN1. The average molecular weight is 244 g/mol. The second-order valence-corrected chi connectivity index (χ2v) is 4.04. The van der Waals surface area contributed by atoms with Gasteiger partial charge in [0.25, 0.3) is 0 Å². The van der Waals surface area contributed by atoms with Gasteiger partial charge in [-0.2, -0.15) is 0 Å². The molecule has 1 saturated heterocycles. The molecule has 0 aromatic rings. The molecule has 0 aromatic heterocycles. The van der Waals surface area contributed by atoms with Crippen molar-refractivity contribution in [1.29, 1.82) is 0 Å². The number of carbonyl (C=O) groups excluding carboxylic acids is 2. The summed E-state index contributed by atoms with van der Waals surface area (Å²) in [4.78, 5) is 23.1. The number of esters is 1. The van der Waals surface area contributed by atoms with Crippen LogP contribution in [-0.4, -0.2) is 50.3 Å². The van der Waals surface area contributed by atoms with Crippen molar-refractivity contribution in [2.45, 2.75) is 38.5 Å². The van der Waals surface area contributed by atoms with Gasteiger partial charge in [-0.25, -0.2) is 4.79 Å². The van der Waals surface area contributed by atoms with E-state index in [-0.39, 0.29) is 18.1 Å². The van der Waals surface area contributed by atoms with Gasteiger partial charge in [-0.1, -0.05) is 0 Å². The molecule has 1 amide bonds. The fourth-order valence-electron chi connectivity index (χ4n) is 1.72. The smallest absolute Gasteiger partial charge is 0.328 e. The van der Waals surface area contributed by atoms with Crippen LogP contribution in [0.5, 0.6) is 0 Å². The van der Waals surface area contributed by atoms with Crippen molar-refractivity contribution in [3.63, 3.8) is 0 Å². The molecule has 1 fully saturated rings. The van der Waals surface area contributed by atoms with Crippen molar-refractivity contribution in [2.24, 2.45) is 0 Å². The summed E-state index contributed by atoms with van der Waals surface area (Å²) >= 11 is 0. The molecule has 0 bridgehead atoms. The lowest BCUT2D eigenvalue weighted by atomic mass is 10.2. The minimum atomic E-state index is -0.620. The minimum absolute atomic E-state index is 0.0589. The molecule has 1 rings (SSSR count). The molecule has 2 N–H and O–H groups in total. The standard InChI is InChI=1S/C11H20N2O4/c1-4-17-11(15)7(2)13-10(14)9-5-8(16-3)6-12-9/h7-9,12H,4-6H2,1-3H3,(H,13,14). The van der Waals surface area contributed by atoms with Crippen LogP contribution in [0.1, 0.15) is 20.3 Å². The van der Waals surface area contributed by atoms with Gasteiger partial charge in [-0.05, 0) is 20.3 Å². The molecule has 6 nitrogen and oxygen atoms in total. The number of ether oxygens (including phenoxy) is 2. The van der Waals surface area contributed by atoms with Crippen molar-refractivity contribution >= 4 is 11.9 Å². The maximum absolute atomic E-state index is 11.8. The molecule has 1 aliphatic heterocycles. The van der Waals surface area contributed by atoms with E-state index in [1.807, 2.05) is 0 Å². The third kappa shape index (κ3) is 3.98. The molecule has 0 spiro atoms. The predicted molar refractivity (Wildman–Crippen MR) is 61.4 cm³/mol. The minimum Gasteiger partial charge on any atom is -0.464 e. The van der Waals surface area contributed by atoms with Crippen LogP contribution >= 0.6 is 0 Å². The van der Waals surface area contributed by atoms with Crippen molar-refractivity contribution in [2.75, 3.05) is 20.3 Å². The van der Waals surface area contributed by atoms with Gasteiger partial charge in [0, 0.05) is 13.7 Å². The number of rotatable bonds is 5. The van der Waals surface area contributed by atoms with E-state index >= 15 is 0 Å². The monoisotopic (exact) mass is 244 g/mol. The topological polar surface area (TPSA) is 76.7 Å². The van der Waals surface area contributed by atoms with Crippen molar-refractivity contribution < 1.29 is 19.1 Å². The largest absolute Gasteiger partial charge is 0.464 e. The molecular formula is C11H20N2O4. The van der Waals surface area contributed by atoms with Crippen LogP contribution in [-0.2, 0) is 19.1 Å². The molecular weight excluding hydrogens is 224 g/mol. The summed E-state index contributed by atoms with van der Waals surface area (Å²) in [5, 5.41) is 5.66. The first-order valence-electron chi connectivity index (χ1n) is 5.81. The van der Waals surface area contributed by atoms with Crippen LogP contribution in [0.25, 0.3) is 0 Å². The Bertz CT molecular complexity index is 283. The summed E-state index contributed by atoms with van der Waals surface area (Å²) in [6.07, 6.45) is 0.682. The average Bonchev–Trinajstić information content (AvgIpc) is 2.77. The highest BCUT2D eigenvalue weighted by atomic mass is 16.5. The highest BCUT2D eigenvalue weighted by Crippen LogP contribution is 2.09. The molecule has 17 heavy (non-hydrogen) atoms. The Morgan fingerprint density at radius 1 is 1.53 bits per heavy atom. The van der Waals surface area contributed by atoms with Gasteiger partial charge in [-0.3, -0.25) is 4.79 Å². The van der Waals surface area contributed by atoms with Gasteiger partial charge in [-0.15, -0.1) is 0 Å². The summed E-state index contributed by atoms with van der Waals surface area (Å²) in [5.41, 5.74) is 0. The maximum Gasteiger partial charge on any atom is 0.328 e. The van der Waals surface area contributed by atoms with Crippen LogP contribution in [0.2, 0.25) is 0 Å². The van der Waals surface area contributed by atoms with Crippen molar-refractivity contribution in [3.8, 4) is 0 Å². The lowest BCUT2D eigenvalue weighted by Crippen LogP contribution is -2.47. The van der Waals surface area contributed by atoms with Gasteiger partial charge >= 0.3 is 5.97 Å². The number of hydrogen-bond donors (Lipinski definition) is 2. The normalized spacial score (nSPS) is 25.4. The highest BCUT2D eigenvalue weighted by Gasteiger charge is 2.30. The van der Waals surface area contributed by atoms with Crippen LogP contribution < -0.4 is 10.6 Å². The first-order chi connectivity index (χ1) is 8.08. The van der Waals surface area contributed by atoms with E-state index in [0.717, 1.165) is 0 Å². The third-order valence-corrected chi connectivity index (χ3v) is 2.74. The lowest BCUT2D eigenvalue weighted by molar-refractivity contribution is -0.147. The van der Waals surface area contributed by atoms with E-state index in [1.54, 1.807) is 21.0 Å². The summed E-state index contributed by atoms with van der Waals surface area (Å²) in [6.45, 7) is 4.31. The first kappa shape index (κ1) is 13.9. The van der Waals surface area contributed by atoms with Gasteiger partial charge < -0.3 is 20.1 Å². The van der Waals surface area contributed by atoms with E-state index in [0.29, 0.717) is 19.6 Å². The van der Waals surface area contributed by atoms with Crippen LogP contribution in [0, 0.1) is 0 Å². The van der Waals surface area contributed by atoms with E-state index < -0.39 is 12.0 Å². The Morgan fingerprint density at radius 3 is 2.76 bits per heavy atom. The van der Waals surface area contributed by atoms with Gasteiger partial charge in [0.15, 0.2) is 0 Å². The zero-order valence-corrected chi connectivity index (χ0v) is 10.5. The predicted octanol–water partition coefficient (Wildman–Crippen LogP) is -0.569. The Labute approximate surface area is 101 Å². The fraction of sp³-hybridized carbons (Fsp3) is 0.818. The molecule has 6 heteroatoms. The Kier molecular flexibility index (Phi) is 5.37. The van der Waals surface area contributed by atoms with Crippen LogP contribution in [0.3, 0.4) is 0 Å². The molecule has 98 valence electrons. The fourth-order valence-corrected chi connectivity index (χ4v) is 1.72. The van der Waals surface area contributed by atoms with E-state index in [2.05, 4.69) is 10.6 Å². The molecule has 0 radical (unpaired) electrons. The second kappa shape index (κ2) is 6.56. The van der Waals surface area contributed by atoms with E-state index in [4.69, 9.17) is 9.47 Å². The number of amides is 1. The molecule has 0 aromatic carbocycles. The van der Waals surface area contributed by atoms with Gasteiger partial charge in [0.1, 0.15) is 6.04 Å². The molecule has 3 unspecified atom stereocenters. The second-order valence-electron chi connectivity index (χ2n) is 4.04. The Balaban J connectivity index is 2.36. The molecule has 1 aliphatic rings. The molecule has 3 atom stereocenters. The number of carbonyl (C=O) groups is 2. The Hall–Kier alpha value is -1.14. The summed E-state index contributed by atoms with van der Waals surface area (Å²) in [7, 11) is 1.62. The van der Waals surface area contributed by atoms with Crippen LogP contribution in [0.4, 0.5) is 0 Å². The Morgan fingerprint density at radius 2 is 2.24 bits per heavy atom. The zero-order valence-electron chi connectivity index (χ0n) is 10.5. The van der Waals surface area contributed by atoms with Crippen molar-refractivity contribution in [1.82, 2.24) is 10.6 Å². The van der Waals surface area contributed by atoms with Gasteiger partial charge in [0.2, 0.25) is 5.91 Å². The number of methoxy groups -OCH3 is 1. The third-order valence-electron chi connectivity index (χ3n) is 2.74. The lowest BCUT2D eigenvalue weighted by Gasteiger charge is -2.16. The van der Waals surface area contributed by atoms with E-state index in [9.17, 15) is 9.59 Å². The first-order valence-corrected chi connectivity index (χ1v) is 5.81. The van der Waals surface area contributed by atoms with Crippen molar-refractivity contribution in [3.05, 3.63) is 0 Å². The summed E-state index contributed by atoms with van der Waals surface area (Å²) in [6, 6.07) is -0.914. The molecule has 0 aliphatic carbocycles. The van der Waals surface area contributed by atoms with Gasteiger partial charge in [0.05, 0.1) is 18.8 Å². The maximum atomic E-state index is 11.8. The highest BCUT2D eigenvalue weighted by molar-refractivity contribution is 5.87. The summed E-state index contributed by atoms with van der Waals surface area (Å²) in [5.74, 6) is -0.604. The van der Waals surface area contributed by atoms with E-state index in [1.165, 1.54) is 0 Å². The summed E-state index contributed by atoms with van der Waals surface area (Å²) < 4.78 is 9.96. The molecule has 0 saturated carbocycles. The number of hydrogen-bond acceptors (Lipinski definition) is 5.